The van der Waals surface area contributed by atoms with E-state index in [-0.39, 0.29) is 22.8 Å². The van der Waals surface area contributed by atoms with Gasteiger partial charge in [0.15, 0.2) is 5.69 Å². The molecule has 142 valence electrons. The van der Waals surface area contributed by atoms with Gasteiger partial charge in [0.2, 0.25) is 6.33 Å². The van der Waals surface area contributed by atoms with Crippen LogP contribution in [0.15, 0.2) is 36.7 Å². The predicted molar refractivity (Wildman–Crippen MR) is 102 cm³/mol. The van der Waals surface area contributed by atoms with E-state index in [2.05, 4.69) is 5.10 Å². The van der Waals surface area contributed by atoms with Crippen molar-refractivity contribution in [3.63, 3.8) is 0 Å². The topological polar surface area (TPSA) is 74.1 Å². The highest BCUT2D eigenvalue weighted by Crippen LogP contribution is 2.38. The summed E-state index contributed by atoms with van der Waals surface area (Å²) in [5, 5.41) is 17.0. The van der Waals surface area contributed by atoms with E-state index in [1.165, 1.54) is 6.07 Å². The molecular formula is C18H12Cl3N4O3+. The molecule has 2 aromatic carbocycles. The summed E-state index contributed by atoms with van der Waals surface area (Å²) in [4.78, 5) is 10.8. The van der Waals surface area contributed by atoms with Gasteiger partial charge in [0.25, 0.3) is 5.69 Å². The Bertz CT molecular complexity index is 1120. The van der Waals surface area contributed by atoms with Crippen molar-refractivity contribution in [2.24, 2.45) is 0 Å². The van der Waals surface area contributed by atoms with Gasteiger partial charge in [-0.15, -0.1) is 0 Å². The number of halogens is 3. The molecule has 0 radical (unpaired) electrons. The quantitative estimate of drug-likeness (QED) is 0.343. The lowest BCUT2D eigenvalue weighted by Crippen LogP contribution is -2.51. The van der Waals surface area contributed by atoms with Crippen LogP contribution in [-0.4, -0.2) is 20.8 Å². The molecule has 2 atom stereocenters. The Balaban J connectivity index is 1.64. The number of hydrogen-bond acceptors (Lipinski definition) is 4. The number of aromatic nitrogens is 3. The zero-order valence-electron chi connectivity index (χ0n) is 14.2. The van der Waals surface area contributed by atoms with Crippen LogP contribution in [0.2, 0.25) is 15.1 Å². The van der Waals surface area contributed by atoms with Gasteiger partial charge >= 0.3 is 5.82 Å². The van der Waals surface area contributed by atoms with Crippen LogP contribution in [0, 0.1) is 10.1 Å². The first kappa shape index (κ1) is 17.9. The molecule has 0 bridgehead atoms. The summed E-state index contributed by atoms with van der Waals surface area (Å²) in [6.07, 6.45) is 2.38. The maximum absolute atomic E-state index is 11.2. The number of ether oxygens (including phenoxy) is 1. The maximum atomic E-state index is 11.2. The number of non-ortho nitro benzene ring substituents is 1. The van der Waals surface area contributed by atoms with Crippen molar-refractivity contribution in [3.8, 4) is 5.69 Å². The summed E-state index contributed by atoms with van der Waals surface area (Å²) in [5.74, 6) is 0.683. The number of rotatable bonds is 2. The van der Waals surface area contributed by atoms with Crippen molar-refractivity contribution < 1.29 is 14.2 Å². The molecule has 0 fully saturated rings. The lowest BCUT2D eigenvalue weighted by Gasteiger charge is -2.23. The number of hydrogen-bond donors (Lipinski definition) is 0. The molecule has 2 heterocycles. The average molecular weight is 439 g/mol. The molecule has 5 rings (SSSR count). The Morgan fingerprint density at radius 2 is 1.96 bits per heavy atom. The molecule has 0 N–H and O–H groups in total. The molecule has 3 aromatic rings. The van der Waals surface area contributed by atoms with Gasteiger partial charge in [0.1, 0.15) is 18.8 Å². The minimum Gasteiger partial charge on any atom is -0.363 e. The highest BCUT2D eigenvalue weighted by molar-refractivity contribution is 6.40. The molecule has 0 amide bonds. The van der Waals surface area contributed by atoms with Gasteiger partial charge in [-0.05, 0) is 17.7 Å². The molecule has 2 aliphatic rings. The van der Waals surface area contributed by atoms with Crippen LogP contribution >= 0.6 is 34.8 Å². The third-order valence-electron chi connectivity index (χ3n) is 5.12. The van der Waals surface area contributed by atoms with Gasteiger partial charge in [-0.1, -0.05) is 45.6 Å². The second-order valence-corrected chi connectivity index (χ2v) is 7.99. The second-order valence-electron chi connectivity index (χ2n) is 6.74. The largest absolute Gasteiger partial charge is 0.363 e. The minimum atomic E-state index is -0.389. The fourth-order valence-corrected chi connectivity index (χ4v) is 4.92. The summed E-state index contributed by atoms with van der Waals surface area (Å²) < 4.78 is 9.56. The SMILES string of the molecule is O=[N+]([O-])c1ccc2c(c1)[C@@H]1[C@H](C2)OCc2nn(-c3c(Cl)cc(Cl)cc3Cl)c[n+]21. The molecule has 28 heavy (non-hydrogen) atoms. The molecule has 0 spiro atoms. The Morgan fingerprint density at radius 3 is 2.68 bits per heavy atom. The predicted octanol–water partition coefficient (Wildman–Crippen LogP) is 4.07. The summed E-state index contributed by atoms with van der Waals surface area (Å²) in [7, 11) is 0. The van der Waals surface area contributed by atoms with E-state index >= 15 is 0 Å². The average Bonchev–Trinajstić information content (AvgIpc) is 3.20. The first-order valence-corrected chi connectivity index (χ1v) is 9.59. The first-order chi connectivity index (χ1) is 13.4. The normalized spacial score (nSPS) is 19.8. The summed E-state index contributed by atoms with van der Waals surface area (Å²) >= 11 is 18.7. The fraction of sp³-hybridized carbons (Fsp3) is 0.222. The molecule has 10 heteroatoms. The van der Waals surface area contributed by atoms with E-state index in [0.717, 1.165) is 11.1 Å². The van der Waals surface area contributed by atoms with Crippen LogP contribution in [0.3, 0.4) is 0 Å². The number of nitro benzene ring substituents is 1. The van der Waals surface area contributed by atoms with Crippen LogP contribution in [0.1, 0.15) is 23.0 Å². The second kappa shape index (κ2) is 6.42. The Morgan fingerprint density at radius 1 is 1.21 bits per heavy atom. The maximum Gasteiger partial charge on any atom is 0.304 e. The van der Waals surface area contributed by atoms with Crippen LogP contribution in [-0.2, 0) is 17.8 Å². The number of nitro groups is 1. The van der Waals surface area contributed by atoms with Crippen molar-refractivity contribution in [1.29, 1.82) is 0 Å². The summed E-state index contributed by atoms with van der Waals surface area (Å²) in [5.41, 5.74) is 2.49. The van der Waals surface area contributed by atoms with Gasteiger partial charge in [-0.2, -0.15) is 0 Å². The number of nitrogens with zero attached hydrogens (tertiary/aromatic N) is 4. The van der Waals surface area contributed by atoms with Crippen LogP contribution in [0.25, 0.3) is 5.69 Å². The summed E-state index contributed by atoms with van der Waals surface area (Å²) in [6.45, 7) is 0.326. The van der Waals surface area contributed by atoms with Crippen LogP contribution in [0.5, 0.6) is 0 Å². The summed E-state index contributed by atoms with van der Waals surface area (Å²) in [6, 6.07) is 7.94. The zero-order valence-corrected chi connectivity index (χ0v) is 16.4. The van der Waals surface area contributed by atoms with Gasteiger partial charge in [-0.25, -0.2) is 4.57 Å². The highest BCUT2D eigenvalue weighted by Gasteiger charge is 2.44. The van der Waals surface area contributed by atoms with Gasteiger partial charge < -0.3 is 4.74 Å². The lowest BCUT2D eigenvalue weighted by molar-refractivity contribution is -0.739. The molecule has 1 aliphatic heterocycles. The van der Waals surface area contributed by atoms with E-state index < -0.39 is 0 Å². The lowest BCUT2D eigenvalue weighted by atomic mass is 10.1. The van der Waals surface area contributed by atoms with Crippen molar-refractivity contribution in [2.45, 2.75) is 25.2 Å². The monoisotopic (exact) mass is 437 g/mol. The van der Waals surface area contributed by atoms with E-state index in [9.17, 15) is 10.1 Å². The zero-order chi connectivity index (χ0) is 19.6. The van der Waals surface area contributed by atoms with Gasteiger partial charge in [0, 0.05) is 34.2 Å². The van der Waals surface area contributed by atoms with Gasteiger partial charge in [0.05, 0.1) is 15.0 Å². The molecule has 0 saturated heterocycles. The molecule has 0 saturated carbocycles. The van der Waals surface area contributed by atoms with Gasteiger partial charge in [-0.3, -0.25) is 10.1 Å². The standard InChI is InChI=1S/C18H12Cl3N4O3/c19-10-4-13(20)18(14(21)5-10)24-8-23-16(22-24)7-28-15-3-9-1-2-11(25(26)27)6-12(9)17(15)23/h1-2,4-6,8,15,17H,3,7H2/q+1/t15-,17+/m0/s1. The Kier molecular flexibility index (Phi) is 4.10. The third-order valence-corrected chi connectivity index (χ3v) is 5.92. The van der Waals surface area contributed by atoms with Crippen molar-refractivity contribution >= 4 is 40.5 Å². The van der Waals surface area contributed by atoms with Crippen molar-refractivity contribution in [2.75, 3.05) is 0 Å². The number of benzene rings is 2. The fourth-order valence-electron chi connectivity index (χ4n) is 3.93. The van der Waals surface area contributed by atoms with Crippen LogP contribution < -0.4 is 4.57 Å². The third kappa shape index (κ3) is 2.69. The Labute approximate surface area is 174 Å². The molecule has 1 aliphatic carbocycles. The first-order valence-electron chi connectivity index (χ1n) is 8.46. The highest BCUT2D eigenvalue weighted by atomic mass is 35.5. The minimum absolute atomic E-state index is 0.0586. The van der Waals surface area contributed by atoms with Crippen LogP contribution in [0.4, 0.5) is 5.69 Å². The molecule has 7 nitrogen and oxygen atoms in total. The molecule has 0 unspecified atom stereocenters. The van der Waals surface area contributed by atoms with E-state index in [0.29, 0.717) is 39.6 Å². The Hall–Kier alpha value is -2.19. The molecular weight excluding hydrogens is 427 g/mol. The smallest absolute Gasteiger partial charge is 0.304 e. The molecule has 1 aromatic heterocycles. The van der Waals surface area contributed by atoms with E-state index in [4.69, 9.17) is 39.5 Å². The van der Waals surface area contributed by atoms with E-state index in [1.54, 1.807) is 35.3 Å². The van der Waals surface area contributed by atoms with E-state index in [1.807, 2.05) is 4.57 Å². The van der Waals surface area contributed by atoms with Crippen molar-refractivity contribution in [1.82, 2.24) is 9.78 Å². The number of fused-ring (bicyclic) bond motifs is 5. The van der Waals surface area contributed by atoms with Crippen molar-refractivity contribution in [3.05, 3.63) is 78.8 Å².